The summed E-state index contributed by atoms with van der Waals surface area (Å²) in [6, 6.07) is 16.6. The Morgan fingerprint density at radius 1 is 1.00 bits per heavy atom. The van der Waals surface area contributed by atoms with E-state index in [1.165, 1.54) is 6.20 Å². The lowest BCUT2D eigenvalue weighted by atomic mass is 10.0. The average Bonchev–Trinajstić information content (AvgIpc) is 2.46. The highest BCUT2D eigenvalue weighted by atomic mass is 16.1. The summed E-state index contributed by atoms with van der Waals surface area (Å²) in [7, 11) is 0. The number of carbonyl (C=O) groups excluding carboxylic acids is 1. The average molecular weight is 234 g/mol. The van der Waals surface area contributed by atoms with E-state index >= 15 is 0 Å². The Balaban J connectivity index is 2.08. The number of ketones is 1. The Hall–Kier alpha value is -2.48. The second-order valence-corrected chi connectivity index (χ2v) is 4.04. The maximum absolute atomic E-state index is 12.3. The largest absolute Gasteiger partial charge is 0.289 e. The molecule has 0 atom stereocenters. The third-order valence-electron chi connectivity index (χ3n) is 2.84. The van der Waals surface area contributed by atoms with E-state index in [1.807, 2.05) is 24.3 Å². The molecule has 0 N–H and O–H groups in total. The first-order chi connectivity index (χ1) is 9.24. The monoisotopic (exact) mass is 234 g/mol. The Bertz CT molecular complexity index is 753. The van der Waals surface area contributed by atoms with Gasteiger partial charge in [0.25, 0.3) is 0 Å². The van der Waals surface area contributed by atoms with Crippen LogP contribution in [0.25, 0.3) is 10.9 Å². The van der Waals surface area contributed by atoms with Gasteiger partial charge < -0.3 is 0 Å². The molecule has 18 heavy (non-hydrogen) atoms. The Kier molecular flexibility index (Phi) is 2.34. The van der Waals surface area contributed by atoms with Crippen LogP contribution < -0.4 is 0 Å². The number of fused-ring (bicyclic) bond motifs is 1. The van der Waals surface area contributed by atoms with Crippen molar-refractivity contribution >= 4 is 16.7 Å². The molecule has 0 bridgehead atoms. The number of nitrogens with zero attached hydrogens (tertiary/aromatic N) is 1. The van der Waals surface area contributed by atoms with Crippen molar-refractivity contribution in [3.63, 3.8) is 0 Å². The quantitative estimate of drug-likeness (QED) is 0.635. The van der Waals surface area contributed by atoms with Gasteiger partial charge in [0, 0.05) is 22.7 Å². The second kappa shape index (κ2) is 4.41. The number of hydrogen-bond acceptors (Lipinski definition) is 2. The van der Waals surface area contributed by atoms with Crippen LogP contribution in [-0.2, 0) is 0 Å². The van der Waals surface area contributed by atoms with E-state index in [0.717, 1.165) is 10.9 Å². The van der Waals surface area contributed by atoms with Crippen molar-refractivity contribution in [1.82, 2.24) is 4.98 Å². The molecular formula is C16H11NO. The van der Waals surface area contributed by atoms with Crippen molar-refractivity contribution in [3.05, 3.63) is 78.0 Å². The Morgan fingerprint density at radius 3 is 2.67 bits per heavy atom. The molecule has 0 fully saturated rings. The normalized spacial score (nSPS) is 11.2. The van der Waals surface area contributed by atoms with Crippen LogP contribution in [0.15, 0.2) is 66.8 Å². The van der Waals surface area contributed by atoms with Crippen LogP contribution in [0.5, 0.6) is 0 Å². The van der Waals surface area contributed by atoms with Crippen LogP contribution in [0, 0.1) is 0 Å². The van der Waals surface area contributed by atoms with Gasteiger partial charge in [0.05, 0.1) is 6.89 Å². The van der Waals surface area contributed by atoms with Crippen LogP contribution >= 0.6 is 0 Å². The maximum atomic E-state index is 12.3. The molecule has 0 radical (unpaired) electrons. The molecule has 0 spiro atoms. The highest BCUT2D eigenvalue weighted by molar-refractivity contribution is 6.10. The first-order valence-electron chi connectivity index (χ1n) is 6.20. The van der Waals surface area contributed by atoms with Crippen molar-refractivity contribution < 1.29 is 6.17 Å². The smallest absolute Gasteiger partial charge is 0.193 e. The summed E-state index contributed by atoms with van der Waals surface area (Å²) in [5, 5.41) is 0.814. The molecule has 2 heteroatoms. The molecule has 3 aromatic rings. The molecule has 0 saturated heterocycles. The van der Waals surface area contributed by atoms with Crippen molar-refractivity contribution in [1.29, 1.82) is 0 Å². The van der Waals surface area contributed by atoms with Gasteiger partial charge in [-0.05, 0) is 24.2 Å². The van der Waals surface area contributed by atoms with Crippen LogP contribution in [0.1, 0.15) is 17.3 Å². The summed E-state index contributed by atoms with van der Waals surface area (Å²) < 4.78 is 7.57. The highest BCUT2D eigenvalue weighted by Gasteiger charge is 2.08. The molecule has 3 rings (SSSR count). The van der Waals surface area contributed by atoms with E-state index in [4.69, 9.17) is 1.37 Å². The van der Waals surface area contributed by atoms with Gasteiger partial charge in [-0.1, -0.05) is 36.4 Å². The third kappa shape index (κ3) is 1.89. The number of rotatable bonds is 2. The molecule has 0 saturated carbocycles. The molecule has 0 aliphatic carbocycles. The third-order valence-corrected chi connectivity index (χ3v) is 2.84. The fourth-order valence-electron chi connectivity index (χ4n) is 1.92. The lowest BCUT2D eigenvalue weighted by Gasteiger charge is -2.02. The first kappa shape index (κ1) is 9.54. The second-order valence-electron chi connectivity index (χ2n) is 4.04. The predicted molar refractivity (Wildman–Crippen MR) is 71.6 cm³/mol. The zero-order valence-corrected chi connectivity index (χ0v) is 9.63. The molecule has 2 nitrogen and oxygen atoms in total. The van der Waals surface area contributed by atoms with Gasteiger partial charge in [-0.15, -0.1) is 0 Å². The zero-order valence-electron chi connectivity index (χ0n) is 10.6. The van der Waals surface area contributed by atoms with E-state index in [0.29, 0.717) is 17.2 Å². The van der Waals surface area contributed by atoms with Crippen molar-refractivity contribution in [2.45, 2.75) is 0 Å². The van der Waals surface area contributed by atoms with Crippen LogP contribution in [0.3, 0.4) is 0 Å². The van der Waals surface area contributed by atoms with E-state index in [1.54, 1.807) is 30.3 Å². The molecule has 0 unspecified atom stereocenters. The number of benzene rings is 2. The summed E-state index contributed by atoms with van der Waals surface area (Å²) in [4.78, 5) is 16.5. The molecule has 1 aromatic heterocycles. The van der Waals surface area contributed by atoms with E-state index in [9.17, 15) is 4.79 Å². The number of carbonyl (C=O) groups is 1. The number of aromatic nitrogens is 1. The summed E-state index contributed by atoms with van der Waals surface area (Å²) in [6.45, 7) is 0. The first-order valence-corrected chi connectivity index (χ1v) is 5.70. The summed E-state index contributed by atoms with van der Waals surface area (Å²) >= 11 is 0. The lowest BCUT2D eigenvalue weighted by molar-refractivity contribution is 0.103. The molecule has 0 amide bonds. The standard InChI is InChI=1S/C16H11NO/c18-16(12-5-2-1-3-6-12)14-8-9-15-13(11-14)7-4-10-17-15/h1-11H/i4D. The van der Waals surface area contributed by atoms with Gasteiger partial charge in [0.1, 0.15) is 0 Å². The van der Waals surface area contributed by atoms with Crippen molar-refractivity contribution in [2.75, 3.05) is 0 Å². The van der Waals surface area contributed by atoms with Gasteiger partial charge in [0.15, 0.2) is 5.78 Å². The molecule has 0 aliphatic heterocycles. The maximum Gasteiger partial charge on any atom is 0.193 e. The molecule has 0 aliphatic rings. The SMILES string of the molecule is [2H]c1cnc2ccc(C(=O)c3ccccc3)cc2c1. The predicted octanol–water partition coefficient (Wildman–Crippen LogP) is 3.47. The van der Waals surface area contributed by atoms with E-state index < -0.39 is 0 Å². The minimum atomic E-state index is -0.0158. The fraction of sp³-hybridized carbons (Fsp3) is 0. The summed E-state index contributed by atoms with van der Waals surface area (Å²) in [5.74, 6) is -0.0158. The van der Waals surface area contributed by atoms with Crippen LogP contribution in [0.2, 0.25) is 0 Å². The molecule has 86 valence electrons. The van der Waals surface area contributed by atoms with E-state index in [-0.39, 0.29) is 5.78 Å². The topological polar surface area (TPSA) is 30.0 Å². The Morgan fingerprint density at radius 2 is 1.83 bits per heavy atom. The molecular weight excluding hydrogens is 222 g/mol. The zero-order chi connectivity index (χ0) is 13.2. The van der Waals surface area contributed by atoms with Gasteiger partial charge in [-0.25, -0.2) is 0 Å². The summed E-state index contributed by atoms with van der Waals surface area (Å²) in [6.07, 6.45) is 1.50. The van der Waals surface area contributed by atoms with Crippen molar-refractivity contribution in [2.24, 2.45) is 0 Å². The minimum Gasteiger partial charge on any atom is -0.289 e. The fourth-order valence-corrected chi connectivity index (χ4v) is 1.92. The number of hydrogen-bond donors (Lipinski definition) is 0. The lowest BCUT2D eigenvalue weighted by Crippen LogP contribution is -2.00. The van der Waals surface area contributed by atoms with Crippen molar-refractivity contribution in [3.8, 4) is 0 Å². The van der Waals surface area contributed by atoms with Gasteiger partial charge in [-0.2, -0.15) is 0 Å². The minimum absolute atomic E-state index is 0.0158. The summed E-state index contributed by atoms with van der Waals surface area (Å²) in [5.41, 5.74) is 2.07. The molecule has 2 aromatic carbocycles. The molecule has 1 heterocycles. The Labute approximate surface area is 106 Å². The van der Waals surface area contributed by atoms with Gasteiger partial charge in [0.2, 0.25) is 0 Å². The van der Waals surface area contributed by atoms with Gasteiger partial charge >= 0.3 is 0 Å². The van der Waals surface area contributed by atoms with Crippen LogP contribution in [-0.4, -0.2) is 10.8 Å². The van der Waals surface area contributed by atoms with Crippen LogP contribution in [0.4, 0.5) is 0 Å². The number of pyridine rings is 1. The van der Waals surface area contributed by atoms with Gasteiger partial charge in [-0.3, -0.25) is 9.78 Å². The van der Waals surface area contributed by atoms with E-state index in [2.05, 4.69) is 4.98 Å². The highest BCUT2D eigenvalue weighted by Crippen LogP contribution is 2.16.